The predicted octanol–water partition coefficient (Wildman–Crippen LogP) is 3.44. The van der Waals surface area contributed by atoms with E-state index >= 15 is 0 Å². The molecule has 0 aliphatic carbocycles. The van der Waals surface area contributed by atoms with E-state index in [2.05, 4.69) is 5.32 Å². The van der Waals surface area contributed by atoms with Crippen LogP contribution in [0.5, 0.6) is 5.75 Å². The fraction of sp³-hybridized carbons (Fsp3) is 0.133. The molecule has 1 amide bonds. The molecule has 2 rings (SSSR count). The van der Waals surface area contributed by atoms with E-state index in [1.165, 1.54) is 19.2 Å². The molecule has 1 N–H and O–H groups in total. The molecule has 0 aliphatic rings. The topological polar surface area (TPSA) is 81.5 Å². The van der Waals surface area contributed by atoms with Gasteiger partial charge in [0.25, 0.3) is 5.69 Å². The molecule has 6 nitrogen and oxygen atoms in total. The van der Waals surface area contributed by atoms with Gasteiger partial charge in [0.1, 0.15) is 5.75 Å². The van der Waals surface area contributed by atoms with Crippen LogP contribution in [0, 0.1) is 10.1 Å². The van der Waals surface area contributed by atoms with Crippen molar-refractivity contribution in [3.8, 4) is 5.75 Å². The number of hydrogen-bond acceptors (Lipinski definition) is 4. The molecule has 114 valence electrons. The van der Waals surface area contributed by atoms with Gasteiger partial charge in [-0.2, -0.15) is 0 Å². The minimum Gasteiger partial charge on any atom is -0.495 e. The summed E-state index contributed by atoms with van der Waals surface area (Å²) in [5.41, 5.74) is 1.23. The Morgan fingerprint density at radius 1 is 1.27 bits per heavy atom. The molecule has 0 radical (unpaired) electrons. The number of halogens is 1. The number of methoxy groups -OCH3 is 1. The van der Waals surface area contributed by atoms with Crippen molar-refractivity contribution >= 4 is 28.9 Å². The zero-order valence-electron chi connectivity index (χ0n) is 11.7. The Hall–Kier alpha value is -2.60. The molecular weight excluding hydrogens is 308 g/mol. The first kappa shape index (κ1) is 15.8. The number of nitrogens with one attached hydrogen (secondary N) is 1. The van der Waals surface area contributed by atoms with Gasteiger partial charge < -0.3 is 10.1 Å². The van der Waals surface area contributed by atoms with E-state index in [1.807, 2.05) is 0 Å². The summed E-state index contributed by atoms with van der Waals surface area (Å²) >= 11 is 5.98. The largest absolute Gasteiger partial charge is 0.495 e. The predicted molar refractivity (Wildman–Crippen MR) is 83.4 cm³/mol. The van der Waals surface area contributed by atoms with E-state index in [1.54, 1.807) is 30.3 Å². The summed E-state index contributed by atoms with van der Waals surface area (Å²) < 4.78 is 5.03. The summed E-state index contributed by atoms with van der Waals surface area (Å²) in [5, 5.41) is 13.7. The standard InChI is InChI=1S/C15H13ClN2O4/c1-22-14-7-4-11(9-13(14)16)17-15(19)8-10-2-5-12(6-3-10)18(20)21/h2-7,9H,8H2,1H3,(H,17,19). The van der Waals surface area contributed by atoms with Crippen LogP contribution in [0.15, 0.2) is 42.5 Å². The molecule has 0 saturated carbocycles. The van der Waals surface area contributed by atoms with Crippen molar-refractivity contribution in [3.05, 3.63) is 63.2 Å². The van der Waals surface area contributed by atoms with E-state index in [0.717, 1.165) is 0 Å². The van der Waals surface area contributed by atoms with Crippen molar-refractivity contribution in [2.75, 3.05) is 12.4 Å². The van der Waals surface area contributed by atoms with Gasteiger partial charge in [-0.1, -0.05) is 23.7 Å². The van der Waals surface area contributed by atoms with Gasteiger partial charge >= 0.3 is 0 Å². The number of anilines is 1. The number of ether oxygens (including phenoxy) is 1. The maximum Gasteiger partial charge on any atom is 0.269 e. The molecule has 0 aliphatic heterocycles. The highest BCUT2D eigenvalue weighted by atomic mass is 35.5. The first-order valence-corrected chi connectivity index (χ1v) is 6.74. The monoisotopic (exact) mass is 320 g/mol. The first-order chi connectivity index (χ1) is 10.5. The molecule has 0 bridgehead atoms. The van der Waals surface area contributed by atoms with Crippen LogP contribution in [0.4, 0.5) is 11.4 Å². The molecule has 0 saturated heterocycles. The zero-order chi connectivity index (χ0) is 16.1. The van der Waals surface area contributed by atoms with Crippen molar-refractivity contribution in [1.82, 2.24) is 0 Å². The van der Waals surface area contributed by atoms with Crippen molar-refractivity contribution < 1.29 is 14.5 Å². The molecule has 2 aromatic carbocycles. The second kappa shape index (κ2) is 6.91. The second-order valence-electron chi connectivity index (χ2n) is 4.50. The van der Waals surface area contributed by atoms with Crippen LogP contribution >= 0.6 is 11.6 Å². The van der Waals surface area contributed by atoms with Gasteiger partial charge in [-0.05, 0) is 23.8 Å². The number of nitro groups is 1. The summed E-state index contributed by atoms with van der Waals surface area (Å²) in [7, 11) is 1.51. The van der Waals surface area contributed by atoms with Crippen LogP contribution < -0.4 is 10.1 Å². The molecule has 0 heterocycles. The molecular formula is C15H13ClN2O4. The Bertz CT molecular complexity index is 701. The van der Waals surface area contributed by atoms with Crippen LogP contribution in [-0.4, -0.2) is 17.9 Å². The fourth-order valence-corrected chi connectivity index (χ4v) is 2.13. The maximum atomic E-state index is 11.9. The lowest BCUT2D eigenvalue weighted by molar-refractivity contribution is -0.384. The molecule has 0 unspecified atom stereocenters. The molecule has 2 aromatic rings. The maximum absolute atomic E-state index is 11.9. The van der Waals surface area contributed by atoms with Gasteiger partial charge in [-0.3, -0.25) is 14.9 Å². The van der Waals surface area contributed by atoms with Gasteiger partial charge in [0.2, 0.25) is 5.91 Å². The third-order valence-corrected chi connectivity index (χ3v) is 3.24. The number of nitro benzene ring substituents is 1. The SMILES string of the molecule is COc1ccc(NC(=O)Cc2ccc([N+](=O)[O-])cc2)cc1Cl. The number of non-ortho nitro benzene ring substituents is 1. The van der Waals surface area contributed by atoms with Crippen molar-refractivity contribution in [3.63, 3.8) is 0 Å². The number of benzene rings is 2. The van der Waals surface area contributed by atoms with E-state index in [0.29, 0.717) is 22.0 Å². The quantitative estimate of drug-likeness (QED) is 0.676. The zero-order valence-corrected chi connectivity index (χ0v) is 12.5. The van der Waals surface area contributed by atoms with Gasteiger partial charge in [0, 0.05) is 17.8 Å². The Morgan fingerprint density at radius 2 is 1.95 bits per heavy atom. The van der Waals surface area contributed by atoms with Gasteiger partial charge in [0.05, 0.1) is 23.5 Å². The Morgan fingerprint density at radius 3 is 2.50 bits per heavy atom. The number of rotatable bonds is 5. The number of hydrogen-bond donors (Lipinski definition) is 1. The highest BCUT2D eigenvalue weighted by Gasteiger charge is 2.09. The first-order valence-electron chi connectivity index (χ1n) is 6.36. The average Bonchev–Trinajstić information content (AvgIpc) is 2.48. The lowest BCUT2D eigenvalue weighted by Crippen LogP contribution is -2.14. The van der Waals surface area contributed by atoms with Gasteiger partial charge in [-0.25, -0.2) is 0 Å². The van der Waals surface area contributed by atoms with Gasteiger partial charge in [-0.15, -0.1) is 0 Å². The third-order valence-electron chi connectivity index (χ3n) is 2.95. The third kappa shape index (κ3) is 3.95. The van der Waals surface area contributed by atoms with Crippen molar-refractivity contribution in [2.45, 2.75) is 6.42 Å². The number of nitrogens with zero attached hydrogens (tertiary/aromatic N) is 1. The molecule has 0 fully saturated rings. The number of carbonyl (C=O) groups excluding carboxylic acids is 1. The summed E-state index contributed by atoms with van der Waals surface area (Å²) in [6.45, 7) is 0. The van der Waals surface area contributed by atoms with E-state index < -0.39 is 4.92 Å². The Labute approximate surface area is 131 Å². The number of carbonyl (C=O) groups is 1. The summed E-state index contributed by atoms with van der Waals surface area (Å²) in [5.74, 6) is 0.283. The van der Waals surface area contributed by atoms with Crippen LogP contribution in [0.3, 0.4) is 0 Å². The minimum absolute atomic E-state index is 0.00825. The Balaban J connectivity index is 2.00. The van der Waals surface area contributed by atoms with E-state index in [9.17, 15) is 14.9 Å². The van der Waals surface area contributed by atoms with Crippen molar-refractivity contribution in [1.29, 1.82) is 0 Å². The molecule has 0 atom stereocenters. The molecule has 7 heteroatoms. The fourth-order valence-electron chi connectivity index (χ4n) is 1.87. The van der Waals surface area contributed by atoms with E-state index in [-0.39, 0.29) is 18.0 Å². The lowest BCUT2D eigenvalue weighted by atomic mass is 10.1. The molecule has 0 aromatic heterocycles. The van der Waals surface area contributed by atoms with Crippen LogP contribution in [0.2, 0.25) is 5.02 Å². The van der Waals surface area contributed by atoms with Crippen molar-refractivity contribution in [2.24, 2.45) is 0 Å². The van der Waals surface area contributed by atoms with Crippen LogP contribution in [-0.2, 0) is 11.2 Å². The summed E-state index contributed by atoms with van der Waals surface area (Å²) in [4.78, 5) is 22.0. The molecule has 0 spiro atoms. The molecule has 22 heavy (non-hydrogen) atoms. The summed E-state index contributed by atoms with van der Waals surface area (Å²) in [6.07, 6.45) is 0.113. The van der Waals surface area contributed by atoms with Gasteiger partial charge in [0.15, 0.2) is 0 Å². The highest BCUT2D eigenvalue weighted by Crippen LogP contribution is 2.27. The van der Waals surface area contributed by atoms with Crippen LogP contribution in [0.25, 0.3) is 0 Å². The highest BCUT2D eigenvalue weighted by molar-refractivity contribution is 6.32. The van der Waals surface area contributed by atoms with E-state index in [4.69, 9.17) is 16.3 Å². The lowest BCUT2D eigenvalue weighted by Gasteiger charge is -2.08. The Kier molecular flexibility index (Phi) is 4.95. The minimum atomic E-state index is -0.483. The normalized spacial score (nSPS) is 10.1. The summed E-state index contributed by atoms with van der Waals surface area (Å²) in [6, 6.07) is 10.8. The second-order valence-corrected chi connectivity index (χ2v) is 4.91. The van der Waals surface area contributed by atoms with Crippen LogP contribution in [0.1, 0.15) is 5.56 Å². The average molecular weight is 321 g/mol. The smallest absolute Gasteiger partial charge is 0.269 e. The number of amides is 1.